The Labute approximate surface area is 132 Å². The molecule has 0 aromatic carbocycles. The lowest BCUT2D eigenvalue weighted by Gasteiger charge is -2.16. The van der Waals surface area contributed by atoms with E-state index in [1.54, 1.807) is 6.07 Å². The molecular formula is C16H26ClN3O. The summed E-state index contributed by atoms with van der Waals surface area (Å²) in [7, 11) is 0. The predicted octanol–water partition coefficient (Wildman–Crippen LogP) is 4.11. The standard InChI is InChI=1S/C16H26ClN3O/c1-5-8-18-15-9-13(14(17)10-19-15)16(21)20-12(4)7-6-11(2)3/h9-12H,5-8H2,1-4H3,(H,18,19)(H,20,21). The van der Waals surface area contributed by atoms with Crippen molar-refractivity contribution in [2.45, 2.75) is 53.0 Å². The van der Waals surface area contributed by atoms with Crippen LogP contribution in [0.4, 0.5) is 5.82 Å². The molecule has 5 heteroatoms. The third-order valence-electron chi connectivity index (χ3n) is 3.21. The van der Waals surface area contributed by atoms with E-state index in [2.05, 4.69) is 36.4 Å². The van der Waals surface area contributed by atoms with Crippen molar-refractivity contribution in [2.24, 2.45) is 5.92 Å². The normalized spacial score (nSPS) is 12.3. The molecule has 0 saturated carbocycles. The molecule has 0 aliphatic carbocycles. The van der Waals surface area contributed by atoms with Gasteiger partial charge in [-0.3, -0.25) is 4.79 Å². The van der Waals surface area contributed by atoms with E-state index >= 15 is 0 Å². The Morgan fingerprint density at radius 3 is 2.67 bits per heavy atom. The number of nitrogens with one attached hydrogen (secondary N) is 2. The Morgan fingerprint density at radius 1 is 1.33 bits per heavy atom. The molecule has 1 atom stereocenters. The van der Waals surface area contributed by atoms with E-state index < -0.39 is 0 Å². The Morgan fingerprint density at radius 2 is 2.05 bits per heavy atom. The highest BCUT2D eigenvalue weighted by Crippen LogP contribution is 2.18. The van der Waals surface area contributed by atoms with Crippen molar-refractivity contribution in [3.05, 3.63) is 22.8 Å². The van der Waals surface area contributed by atoms with Gasteiger partial charge in [-0.2, -0.15) is 0 Å². The zero-order chi connectivity index (χ0) is 15.8. The number of amides is 1. The molecule has 1 heterocycles. The number of hydrogen-bond donors (Lipinski definition) is 2. The molecule has 0 aliphatic heterocycles. The summed E-state index contributed by atoms with van der Waals surface area (Å²) < 4.78 is 0. The van der Waals surface area contributed by atoms with Crippen LogP contribution in [-0.2, 0) is 0 Å². The Kier molecular flexibility index (Phi) is 7.51. The number of nitrogens with zero attached hydrogens (tertiary/aromatic N) is 1. The third-order valence-corrected chi connectivity index (χ3v) is 3.51. The highest BCUT2D eigenvalue weighted by molar-refractivity contribution is 6.33. The van der Waals surface area contributed by atoms with Crippen LogP contribution in [-0.4, -0.2) is 23.5 Å². The summed E-state index contributed by atoms with van der Waals surface area (Å²) in [5.41, 5.74) is 0.474. The van der Waals surface area contributed by atoms with Crippen molar-refractivity contribution in [3.63, 3.8) is 0 Å². The Bertz CT molecular complexity index is 463. The maximum absolute atomic E-state index is 12.3. The molecule has 0 fully saturated rings. The molecule has 1 unspecified atom stereocenters. The van der Waals surface area contributed by atoms with Gasteiger partial charge in [0.1, 0.15) is 5.82 Å². The van der Waals surface area contributed by atoms with E-state index in [-0.39, 0.29) is 11.9 Å². The van der Waals surface area contributed by atoms with Crippen LogP contribution in [0.3, 0.4) is 0 Å². The van der Waals surface area contributed by atoms with Gasteiger partial charge in [-0.15, -0.1) is 0 Å². The summed E-state index contributed by atoms with van der Waals surface area (Å²) in [6.07, 6.45) is 4.58. The lowest BCUT2D eigenvalue weighted by atomic mass is 10.0. The van der Waals surface area contributed by atoms with Crippen LogP contribution in [0.2, 0.25) is 5.02 Å². The predicted molar refractivity (Wildman–Crippen MR) is 89.0 cm³/mol. The average Bonchev–Trinajstić information content (AvgIpc) is 2.44. The van der Waals surface area contributed by atoms with Gasteiger partial charge >= 0.3 is 0 Å². The summed E-state index contributed by atoms with van der Waals surface area (Å²) in [5, 5.41) is 6.54. The van der Waals surface area contributed by atoms with Gasteiger partial charge in [0.2, 0.25) is 0 Å². The van der Waals surface area contributed by atoms with E-state index in [1.165, 1.54) is 6.20 Å². The van der Waals surface area contributed by atoms with Gasteiger partial charge < -0.3 is 10.6 Å². The Balaban J connectivity index is 2.67. The van der Waals surface area contributed by atoms with Crippen molar-refractivity contribution >= 4 is 23.3 Å². The van der Waals surface area contributed by atoms with E-state index in [4.69, 9.17) is 11.6 Å². The van der Waals surface area contributed by atoms with Crippen molar-refractivity contribution < 1.29 is 4.79 Å². The SMILES string of the molecule is CCCNc1cc(C(=O)NC(C)CCC(C)C)c(Cl)cn1. The maximum Gasteiger partial charge on any atom is 0.253 e. The number of pyridine rings is 1. The molecule has 0 bridgehead atoms. The summed E-state index contributed by atoms with van der Waals surface area (Å²) in [5.74, 6) is 1.18. The van der Waals surface area contributed by atoms with Crippen LogP contribution < -0.4 is 10.6 Å². The lowest BCUT2D eigenvalue weighted by molar-refractivity contribution is 0.0937. The fourth-order valence-electron chi connectivity index (χ4n) is 1.92. The second-order valence-electron chi connectivity index (χ2n) is 5.82. The monoisotopic (exact) mass is 311 g/mol. The first-order chi connectivity index (χ1) is 9.93. The maximum atomic E-state index is 12.3. The second-order valence-corrected chi connectivity index (χ2v) is 6.23. The van der Waals surface area contributed by atoms with Gasteiger partial charge in [0, 0.05) is 18.8 Å². The first-order valence-electron chi connectivity index (χ1n) is 7.64. The summed E-state index contributed by atoms with van der Waals surface area (Å²) in [6.45, 7) is 9.28. The fraction of sp³-hybridized carbons (Fsp3) is 0.625. The van der Waals surface area contributed by atoms with E-state index in [1.807, 2.05) is 6.92 Å². The smallest absolute Gasteiger partial charge is 0.253 e. The van der Waals surface area contributed by atoms with Crippen LogP contribution in [0.25, 0.3) is 0 Å². The second kappa shape index (κ2) is 8.88. The molecule has 1 rings (SSSR count). The molecule has 2 N–H and O–H groups in total. The molecule has 0 radical (unpaired) electrons. The highest BCUT2D eigenvalue weighted by atomic mass is 35.5. The summed E-state index contributed by atoms with van der Waals surface area (Å²) in [4.78, 5) is 16.5. The molecule has 1 aromatic rings. The first kappa shape index (κ1) is 17.8. The summed E-state index contributed by atoms with van der Waals surface area (Å²) in [6, 6.07) is 1.85. The minimum atomic E-state index is -0.141. The number of halogens is 1. The summed E-state index contributed by atoms with van der Waals surface area (Å²) >= 11 is 6.08. The minimum absolute atomic E-state index is 0.135. The van der Waals surface area contributed by atoms with Gasteiger partial charge in [0.25, 0.3) is 5.91 Å². The average molecular weight is 312 g/mol. The number of aromatic nitrogens is 1. The quantitative estimate of drug-likeness (QED) is 0.759. The molecule has 0 aliphatic rings. The number of carbonyl (C=O) groups excluding carboxylic acids is 1. The lowest BCUT2D eigenvalue weighted by Crippen LogP contribution is -2.33. The number of hydrogen-bond acceptors (Lipinski definition) is 3. The Hall–Kier alpha value is -1.29. The van der Waals surface area contributed by atoms with E-state index in [0.717, 1.165) is 25.8 Å². The minimum Gasteiger partial charge on any atom is -0.370 e. The molecule has 0 saturated heterocycles. The van der Waals surface area contributed by atoms with Crippen molar-refractivity contribution in [3.8, 4) is 0 Å². The number of anilines is 1. The third kappa shape index (κ3) is 6.34. The van der Waals surface area contributed by atoms with Gasteiger partial charge in [-0.1, -0.05) is 32.4 Å². The first-order valence-corrected chi connectivity index (χ1v) is 8.02. The topological polar surface area (TPSA) is 54.0 Å². The molecule has 21 heavy (non-hydrogen) atoms. The molecular weight excluding hydrogens is 286 g/mol. The van der Waals surface area contributed by atoms with Crippen LogP contribution in [0.5, 0.6) is 0 Å². The highest BCUT2D eigenvalue weighted by Gasteiger charge is 2.14. The zero-order valence-electron chi connectivity index (χ0n) is 13.4. The number of rotatable bonds is 8. The van der Waals surface area contributed by atoms with E-state index in [9.17, 15) is 4.79 Å². The number of carbonyl (C=O) groups is 1. The zero-order valence-corrected chi connectivity index (χ0v) is 14.1. The van der Waals surface area contributed by atoms with Gasteiger partial charge in [0.05, 0.1) is 10.6 Å². The largest absolute Gasteiger partial charge is 0.370 e. The molecule has 118 valence electrons. The van der Waals surface area contributed by atoms with Crippen LogP contribution in [0, 0.1) is 5.92 Å². The van der Waals surface area contributed by atoms with Crippen LogP contribution in [0.15, 0.2) is 12.3 Å². The van der Waals surface area contributed by atoms with Gasteiger partial charge in [-0.25, -0.2) is 4.98 Å². The molecule has 1 aromatic heterocycles. The van der Waals surface area contributed by atoms with Crippen LogP contribution in [0.1, 0.15) is 57.3 Å². The molecule has 4 nitrogen and oxygen atoms in total. The van der Waals surface area contributed by atoms with Gasteiger partial charge in [0.15, 0.2) is 0 Å². The van der Waals surface area contributed by atoms with Crippen LogP contribution >= 0.6 is 11.6 Å². The van der Waals surface area contributed by atoms with Crippen molar-refractivity contribution in [2.75, 3.05) is 11.9 Å². The van der Waals surface area contributed by atoms with Gasteiger partial charge in [-0.05, 0) is 38.2 Å². The van der Waals surface area contributed by atoms with Crippen molar-refractivity contribution in [1.29, 1.82) is 0 Å². The molecule has 1 amide bonds. The van der Waals surface area contributed by atoms with E-state index in [0.29, 0.717) is 22.3 Å². The fourth-order valence-corrected chi connectivity index (χ4v) is 2.11. The molecule has 0 spiro atoms. The van der Waals surface area contributed by atoms with Crippen molar-refractivity contribution in [1.82, 2.24) is 10.3 Å².